The van der Waals surface area contributed by atoms with Crippen LogP contribution in [0.4, 0.5) is 8.78 Å². The minimum atomic E-state index is -2.96. The molecule has 146 valence electrons. The van der Waals surface area contributed by atoms with Gasteiger partial charge in [0, 0.05) is 17.0 Å². The van der Waals surface area contributed by atoms with Gasteiger partial charge in [0.15, 0.2) is 6.10 Å². The minimum Gasteiger partial charge on any atom is -0.448 e. The number of benzene rings is 1. The first kappa shape index (κ1) is 19.3. The van der Waals surface area contributed by atoms with Crippen molar-refractivity contribution in [1.82, 2.24) is 19.6 Å². The van der Waals surface area contributed by atoms with E-state index in [-0.39, 0.29) is 22.9 Å². The predicted octanol–water partition coefficient (Wildman–Crippen LogP) is 2.77. The van der Waals surface area contributed by atoms with E-state index in [9.17, 15) is 18.4 Å². The molecule has 0 bridgehead atoms. The molecule has 28 heavy (non-hydrogen) atoms. The molecule has 2 heterocycles. The summed E-state index contributed by atoms with van der Waals surface area (Å²) in [5.41, 5.74) is 1.64. The van der Waals surface area contributed by atoms with Gasteiger partial charge in [-0.05, 0) is 51.1 Å². The molecule has 0 aliphatic rings. The van der Waals surface area contributed by atoms with Crippen molar-refractivity contribution in [1.29, 1.82) is 0 Å². The number of rotatable bonds is 6. The third-order valence-electron chi connectivity index (χ3n) is 3.82. The number of carbonyl (C=O) groups excluding carboxylic acids is 2. The third kappa shape index (κ3) is 4.11. The zero-order valence-electron chi connectivity index (χ0n) is 15.2. The van der Waals surface area contributed by atoms with Crippen molar-refractivity contribution in [3.05, 3.63) is 53.1 Å². The van der Waals surface area contributed by atoms with Crippen LogP contribution in [0.15, 0.2) is 30.3 Å². The average Bonchev–Trinajstić information content (AvgIpc) is 3.05. The summed E-state index contributed by atoms with van der Waals surface area (Å²) in [5.74, 6) is -1.44. The second-order valence-corrected chi connectivity index (χ2v) is 6.00. The molecule has 0 N–H and O–H groups in total. The third-order valence-corrected chi connectivity index (χ3v) is 3.82. The monoisotopic (exact) mass is 390 g/mol. The molecule has 0 saturated heterocycles. The van der Waals surface area contributed by atoms with Crippen molar-refractivity contribution in [2.45, 2.75) is 33.5 Å². The number of aryl methyl sites for hydroxylation is 2. The number of ketones is 1. The van der Waals surface area contributed by atoms with E-state index in [0.717, 1.165) is 11.4 Å². The van der Waals surface area contributed by atoms with E-state index in [1.807, 2.05) is 0 Å². The number of esters is 1. The summed E-state index contributed by atoms with van der Waals surface area (Å²) in [4.78, 5) is 32.9. The van der Waals surface area contributed by atoms with Crippen molar-refractivity contribution in [3.63, 3.8) is 0 Å². The fourth-order valence-corrected chi connectivity index (χ4v) is 2.55. The van der Waals surface area contributed by atoms with Crippen LogP contribution in [-0.4, -0.2) is 44.1 Å². The lowest BCUT2D eigenvalue weighted by Crippen LogP contribution is -2.25. The van der Waals surface area contributed by atoms with Crippen LogP contribution in [0.3, 0.4) is 0 Å². The molecule has 0 radical (unpaired) electrons. The van der Waals surface area contributed by atoms with Gasteiger partial charge in [-0.15, -0.1) is 5.10 Å². The van der Waals surface area contributed by atoms with Gasteiger partial charge >= 0.3 is 12.6 Å². The highest BCUT2D eigenvalue weighted by molar-refractivity contribution is 6.01. The number of halogens is 2. The van der Waals surface area contributed by atoms with Crippen LogP contribution in [0.25, 0.3) is 5.78 Å². The van der Waals surface area contributed by atoms with Gasteiger partial charge in [0.2, 0.25) is 5.78 Å². The number of fused-ring (bicyclic) bond motifs is 1. The largest absolute Gasteiger partial charge is 0.448 e. The van der Waals surface area contributed by atoms with Crippen LogP contribution in [0.5, 0.6) is 5.75 Å². The molecule has 10 heteroatoms. The SMILES string of the molecule is Cc1cc(C)n2nc(C(=O)O[C@H](C)C(=O)c3ccc(OC(F)F)cc3)nc2n1. The summed E-state index contributed by atoms with van der Waals surface area (Å²) < 4.78 is 35.1. The molecular weight excluding hydrogens is 374 g/mol. The van der Waals surface area contributed by atoms with E-state index in [1.54, 1.807) is 19.9 Å². The van der Waals surface area contributed by atoms with Crippen LogP contribution in [0.1, 0.15) is 39.3 Å². The molecule has 0 amide bonds. The zero-order chi connectivity index (χ0) is 20.4. The normalized spacial score (nSPS) is 12.2. The molecule has 0 unspecified atom stereocenters. The lowest BCUT2D eigenvalue weighted by atomic mass is 10.1. The zero-order valence-corrected chi connectivity index (χ0v) is 15.2. The molecule has 3 aromatic rings. The number of carbonyl (C=O) groups is 2. The van der Waals surface area contributed by atoms with Crippen LogP contribution in [0, 0.1) is 13.8 Å². The second-order valence-electron chi connectivity index (χ2n) is 6.00. The molecular formula is C18H16F2N4O4. The van der Waals surface area contributed by atoms with Crippen LogP contribution >= 0.6 is 0 Å². The molecule has 3 rings (SSSR count). The molecule has 1 atom stereocenters. The number of nitrogens with zero attached hydrogens (tertiary/aromatic N) is 4. The van der Waals surface area contributed by atoms with E-state index >= 15 is 0 Å². The summed E-state index contributed by atoms with van der Waals surface area (Å²) in [6.45, 7) is 2.02. The van der Waals surface area contributed by atoms with Crippen LogP contribution < -0.4 is 4.74 Å². The topological polar surface area (TPSA) is 95.7 Å². The van der Waals surface area contributed by atoms with Gasteiger partial charge in [-0.2, -0.15) is 13.8 Å². The Morgan fingerprint density at radius 3 is 2.43 bits per heavy atom. The molecule has 0 saturated carbocycles. The van der Waals surface area contributed by atoms with Gasteiger partial charge in [-0.1, -0.05) is 0 Å². The summed E-state index contributed by atoms with van der Waals surface area (Å²) in [6, 6.07) is 6.86. The fraction of sp³-hybridized carbons (Fsp3) is 0.278. The quantitative estimate of drug-likeness (QED) is 0.472. The Morgan fingerprint density at radius 2 is 1.79 bits per heavy atom. The minimum absolute atomic E-state index is 0.0803. The van der Waals surface area contributed by atoms with Gasteiger partial charge in [-0.3, -0.25) is 4.79 Å². The molecule has 0 aliphatic carbocycles. The number of hydrogen-bond acceptors (Lipinski definition) is 7. The second kappa shape index (κ2) is 7.67. The molecule has 0 fully saturated rings. The maximum Gasteiger partial charge on any atom is 0.387 e. The highest BCUT2D eigenvalue weighted by atomic mass is 19.3. The molecule has 2 aromatic heterocycles. The van der Waals surface area contributed by atoms with E-state index < -0.39 is 24.5 Å². The Kier molecular flexibility index (Phi) is 5.30. The first-order chi connectivity index (χ1) is 13.2. The van der Waals surface area contributed by atoms with Crippen LogP contribution in [-0.2, 0) is 4.74 Å². The summed E-state index contributed by atoms with van der Waals surface area (Å²) in [6.07, 6.45) is -1.13. The van der Waals surface area contributed by atoms with Gasteiger partial charge in [0.25, 0.3) is 11.6 Å². The maximum atomic E-state index is 12.4. The van der Waals surface area contributed by atoms with Crippen molar-refractivity contribution >= 4 is 17.5 Å². The number of Topliss-reactive ketones (excluding diaryl/α,β-unsaturated/α-hetero) is 1. The first-order valence-electron chi connectivity index (χ1n) is 8.25. The molecule has 0 aliphatic heterocycles. The highest BCUT2D eigenvalue weighted by Crippen LogP contribution is 2.17. The standard InChI is InChI=1S/C18H16F2N4O4/c1-9-8-10(2)24-18(21-9)22-15(23-24)16(26)27-11(3)14(25)12-4-6-13(7-5-12)28-17(19)20/h4-8,11,17H,1-3H3/t11-/m1/s1. The van der Waals surface area contributed by atoms with E-state index in [2.05, 4.69) is 19.8 Å². The van der Waals surface area contributed by atoms with Gasteiger partial charge in [0.05, 0.1) is 0 Å². The Morgan fingerprint density at radius 1 is 1.11 bits per heavy atom. The first-order valence-corrected chi connectivity index (χ1v) is 8.25. The Labute approximate surface area is 158 Å². The van der Waals surface area contributed by atoms with Gasteiger partial charge in [0.1, 0.15) is 5.75 Å². The number of ether oxygens (including phenoxy) is 2. The maximum absolute atomic E-state index is 12.4. The van der Waals surface area contributed by atoms with E-state index in [1.165, 1.54) is 35.7 Å². The fourth-order valence-electron chi connectivity index (χ4n) is 2.55. The van der Waals surface area contributed by atoms with E-state index in [4.69, 9.17) is 4.74 Å². The number of alkyl halides is 2. The van der Waals surface area contributed by atoms with Crippen molar-refractivity contribution < 1.29 is 27.8 Å². The highest BCUT2D eigenvalue weighted by Gasteiger charge is 2.24. The predicted molar refractivity (Wildman–Crippen MR) is 92.5 cm³/mol. The van der Waals surface area contributed by atoms with Crippen LogP contribution in [0.2, 0.25) is 0 Å². The lowest BCUT2D eigenvalue weighted by Gasteiger charge is -2.11. The number of aromatic nitrogens is 4. The van der Waals surface area contributed by atoms with Crippen molar-refractivity contribution in [2.75, 3.05) is 0 Å². The Bertz CT molecular complexity index is 1030. The lowest BCUT2D eigenvalue weighted by molar-refractivity contribution is -0.0498. The Hall–Kier alpha value is -3.43. The van der Waals surface area contributed by atoms with Gasteiger partial charge in [-0.25, -0.2) is 14.3 Å². The number of hydrogen-bond donors (Lipinski definition) is 0. The summed E-state index contributed by atoms with van der Waals surface area (Å²) in [5, 5.41) is 4.05. The van der Waals surface area contributed by atoms with E-state index in [0.29, 0.717) is 0 Å². The average molecular weight is 390 g/mol. The van der Waals surface area contributed by atoms with Crippen molar-refractivity contribution in [2.24, 2.45) is 0 Å². The summed E-state index contributed by atoms with van der Waals surface area (Å²) >= 11 is 0. The molecule has 0 spiro atoms. The van der Waals surface area contributed by atoms with Crippen molar-refractivity contribution in [3.8, 4) is 5.75 Å². The summed E-state index contributed by atoms with van der Waals surface area (Å²) in [7, 11) is 0. The Balaban J connectivity index is 1.71. The smallest absolute Gasteiger partial charge is 0.387 e. The molecule has 8 nitrogen and oxygen atoms in total. The van der Waals surface area contributed by atoms with Gasteiger partial charge < -0.3 is 9.47 Å². The molecule has 1 aromatic carbocycles.